The van der Waals surface area contributed by atoms with Crippen LogP contribution < -0.4 is 0 Å². The topological polar surface area (TPSA) is 85.2 Å². The van der Waals surface area contributed by atoms with Crippen LogP contribution >= 0.6 is 0 Å². The van der Waals surface area contributed by atoms with Crippen molar-refractivity contribution >= 4 is 14.0 Å². The molecule has 0 aliphatic carbocycles. The van der Waals surface area contributed by atoms with E-state index in [2.05, 4.69) is 14.6 Å². The van der Waals surface area contributed by atoms with Gasteiger partial charge in [0.25, 0.3) is 0 Å². The molecule has 0 aromatic rings. The first-order valence-electron chi connectivity index (χ1n) is 1.57. The maximum absolute atomic E-state index is 9.52. The van der Waals surface area contributed by atoms with Gasteiger partial charge in [-0.3, -0.25) is 0 Å². The van der Waals surface area contributed by atoms with Gasteiger partial charge in [0, 0.05) is 0 Å². The molecular weight excluding hydrogens is 118 g/mol. The van der Waals surface area contributed by atoms with Crippen molar-refractivity contribution in [3.63, 3.8) is 0 Å². The molecular formula is H2B2O6. The Morgan fingerprint density at radius 1 is 1.50 bits per heavy atom. The molecule has 0 bridgehead atoms. The predicted molar refractivity (Wildman–Crippen MR) is 20.7 cm³/mol. The van der Waals surface area contributed by atoms with E-state index in [4.69, 9.17) is 10.5 Å². The molecule has 0 saturated heterocycles. The fourth-order valence-corrected chi connectivity index (χ4v) is 0.108. The molecule has 0 aliphatic heterocycles. The molecule has 0 aromatic carbocycles. The fourth-order valence-electron chi connectivity index (χ4n) is 0.108. The summed E-state index contributed by atoms with van der Waals surface area (Å²) in [5.74, 6) is 0. The Hall–Kier alpha value is -0.270. The van der Waals surface area contributed by atoms with Crippen LogP contribution in [-0.4, -0.2) is 24.6 Å². The molecule has 2 N–H and O–H groups in total. The Morgan fingerprint density at radius 2 is 2.12 bits per heavy atom. The van der Waals surface area contributed by atoms with E-state index in [0.29, 0.717) is 0 Å². The van der Waals surface area contributed by atoms with E-state index in [9.17, 15) is 4.70 Å². The standard InChI is InChI=1S/B2H2O6/c3-1-2(6-4)7-8-5/h4-5H. The number of hydrogen-bond acceptors (Lipinski definition) is 6. The first-order chi connectivity index (χ1) is 3.85. The van der Waals surface area contributed by atoms with Crippen LogP contribution in [0.15, 0.2) is 0 Å². The van der Waals surface area contributed by atoms with Gasteiger partial charge in [-0.1, -0.05) is 0 Å². The van der Waals surface area contributed by atoms with Gasteiger partial charge in [-0.2, -0.15) is 0 Å². The summed E-state index contributed by atoms with van der Waals surface area (Å²) in [7, 11) is -1.52. The van der Waals surface area contributed by atoms with Crippen molar-refractivity contribution < 1.29 is 29.9 Å². The molecule has 44 valence electrons. The second kappa shape index (κ2) is 4.88. The molecule has 0 unspecified atom stereocenters. The predicted octanol–water partition coefficient (Wildman–Crippen LogP) is -1.07. The van der Waals surface area contributed by atoms with Crippen molar-refractivity contribution in [2.75, 3.05) is 0 Å². The molecule has 0 saturated carbocycles. The summed E-state index contributed by atoms with van der Waals surface area (Å²) in [6.07, 6.45) is 0. The summed E-state index contributed by atoms with van der Waals surface area (Å²) in [6, 6.07) is 0. The van der Waals surface area contributed by atoms with Gasteiger partial charge in [0.1, 0.15) is 0 Å². The zero-order chi connectivity index (χ0) is 6.41. The molecule has 0 heterocycles. The number of rotatable bonds is 4. The summed E-state index contributed by atoms with van der Waals surface area (Å²) >= 11 is 0. The van der Waals surface area contributed by atoms with E-state index in [1.807, 2.05) is 0 Å². The van der Waals surface area contributed by atoms with Crippen molar-refractivity contribution in [1.82, 2.24) is 0 Å². The van der Waals surface area contributed by atoms with E-state index >= 15 is 0 Å². The van der Waals surface area contributed by atoms with E-state index in [1.54, 1.807) is 0 Å². The van der Waals surface area contributed by atoms with Crippen LogP contribution in [-0.2, 0) is 19.4 Å². The maximum atomic E-state index is 9.52. The fraction of sp³-hybridized carbons (Fsp3) is 0. The third kappa shape index (κ3) is 2.83. The molecule has 0 rings (SSSR count). The molecule has 8 heteroatoms. The molecule has 0 fully saturated rings. The van der Waals surface area contributed by atoms with Crippen molar-refractivity contribution in [1.29, 1.82) is 0 Å². The third-order valence-corrected chi connectivity index (χ3v) is 0.353. The third-order valence-electron chi connectivity index (χ3n) is 0.353. The van der Waals surface area contributed by atoms with E-state index < -0.39 is 7.01 Å². The molecule has 0 aromatic heterocycles. The first-order valence-corrected chi connectivity index (χ1v) is 1.57. The summed E-state index contributed by atoms with van der Waals surface area (Å²) < 4.78 is 9.52. The minimum atomic E-state index is -1.60. The van der Waals surface area contributed by atoms with Gasteiger partial charge >= 0.3 is 43.9 Å². The zero-order valence-electron chi connectivity index (χ0n) is 3.68. The van der Waals surface area contributed by atoms with Crippen molar-refractivity contribution in [3.8, 4) is 0 Å². The summed E-state index contributed by atoms with van der Waals surface area (Å²) in [5, 5.41) is 18.0. The van der Waals surface area contributed by atoms with Gasteiger partial charge in [0.15, 0.2) is 0 Å². The van der Waals surface area contributed by atoms with Gasteiger partial charge in [0.2, 0.25) is 0 Å². The second-order valence-corrected chi connectivity index (χ2v) is 0.781. The summed E-state index contributed by atoms with van der Waals surface area (Å²) in [5.41, 5.74) is 0. The van der Waals surface area contributed by atoms with Crippen LogP contribution in [0.5, 0.6) is 0 Å². The average Bonchev–Trinajstić information content (AvgIpc) is 1.83. The molecule has 8 heavy (non-hydrogen) atoms. The normalized spacial score (nSPS) is 8.25. The molecule has 0 spiro atoms. The van der Waals surface area contributed by atoms with Crippen molar-refractivity contribution in [3.05, 3.63) is 0 Å². The first kappa shape index (κ1) is 7.73. The van der Waals surface area contributed by atoms with Gasteiger partial charge in [-0.25, -0.2) is 0 Å². The van der Waals surface area contributed by atoms with Gasteiger partial charge in [0.05, 0.1) is 0 Å². The monoisotopic (exact) mass is 120 g/mol. The SMILES string of the molecule is O=BB(OO)OOO. The minimum absolute atomic E-state index is 0.0796. The van der Waals surface area contributed by atoms with Crippen LogP contribution in [0, 0.1) is 0 Å². The van der Waals surface area contributed by atoms with Crippen LogP contribution in [0.2, 0.25) is 0 Å². The Kier molecular flexibility index (Phi) is 4.71. The second-order valence-electron chi connectivity index (χ2n) is 0.781. The van der Waals surface area contributed by atoms with Crippen molar-refractivity contribution in [2.24, 2.45) is 0 Å². The zero-order valence-corrected chi connectivity index (χ0v) is 3.68. The molecule has 0 amide bonds. The Morgan fingerprint density at radius 3 is 2.25 bits per heavy atom. The van der Waals surface area contributed by atoms with Crippen LogP contribution in [0.1, 0.15) is 0 Å². The van der Waals surface area contributed by atoms with Gasteiger partial charge in [-0.15, -0.1) is 0 Å². The molecule has 0 radical (unpaired) electrons. The Balaban J connectivity index is 3.21. The molecule has 6 nitrogen and oxygen atoms in total. The summed E-state index contributed by atoms with van der Waals surface area (Å²) in [4.78, 5) is 6.82. The van der Waals surface area contributed by atoms with Crippen LogP contribution in [0.3, 0.4) is 0 Å². The van der Waals surface area contributed by atoms with Crippen LogP contribution in [0.25, 0.3) is 0 Å². The van der Waals surface area contributed by atoms with E-state index in [0.717, 1.165) is 0 Å². The van der Waals surface area contributed by atoms with Crippen LogP contribution in [0.4, 0.5) is 0 Å². The van der Waals surface area contributed by atoms with Gasteiger partial charge in [-0.05, 0) is 0 Å². The Labute approximate surface area is 45.1 Å². The molecule has 0 aliphatic rings. The van der Waals surface area contributed by atoms with Gasteiger partial charge < -0.3 is 0 Å². The Bertz CT molecular complexity index is 61.5. The molecule has 0 atom stereocenters. The number of hydrogen-bond donors (Lipinski definition) is 2. The average molecular weight is 120 g/mol. The quantitative estimate of drug-likeness (QED) is 0.279. The summed E-state index contributed by atoms with van der Waals surface area (Å²) in [6.45, 7) is 0. The van der Waals surface area contributed by atoms with E-state index in [1.165, 1.54) is 0 Å². The van der Waals surface area contributed by atoms with E-state index in [-0.39, 0.29) is 7.04 Å². The van der Waals surface area contributed by atoms with Crippen molar-refractivity contribution in [2.45, 2.75) is 0 Å².